The van der Waals surface area contributed by atoms with Gasteiger partial charge >= 0.3 is 12.0 Å². The van der Waals surface area contributed by atoms with E-state index in [0.29, 0.717) is 40.0 Å². The lowest BCUT2D eigenvalue weighted by atomic mass is 9.95. The Morgan fingerprint density at radius 3 is 2.53 bits per heavy atom. The van der Waals surface area contributed by atoms with Crippen LogP contribution in [-0.2, 0) is 20.9 Å². The molecule has 1 aliphatic heterocycles. The number of carbonyl (C=O) groups excluding carboxylic acids is 3. The number of benzene rings is 3. The number of urea groups is 1. The van der Waals surface area contributed by atoms with E-state index in [1.165, 1.54) is 13.3 Å². The third-order valence-electron chi connectivity index (χ3n) is 6.37. The Kier molecular flexibility index (Phi) is 12.3. The van der Waals surface area contributed by atoms with Gasteiger partial charge in [0.2, 0.25) is 0 Å². The van der Waals surface area contributed by atoms with Crippen LogP contribution in [0.15, 0.2) is 71.0 Å². The number of methoxy groups -OCH3 is 1. The van der Waals surface area contributed by atoms with Crippen molar-refractivity contribution in [3.05, 3.63) is 94.7 Å². The Bertz CT molecular complexity index is 1650. The number of hydrazone groups is 1. The molecule has 4 rings (SSSR count). The SMILES string of the molecule is CCOC(=O)C1=C(C)NC(=O)N[C@H]1c1ccc(OCC(=O)N/N=C/c2cc(I)cc(I)c2OCc2ccc(Cl)cc2)c(OC)c1. The first-order valence-corrected chi connectivity index (χ1v) is 16.1. The summed E-state index contributed by atoms with van der Waals surface area (Å²) in [6.45, 7) is 3.49. The molecule has 0 fully saturated rings. The molecule has 0 unspecified atom stereocenters. The van der Waals surface area contributed by atoms with E-state index in [1.54, 1.807) is 44.2 Å². The number of nitrogens with one attached hydrogen (secondary N) is 3. The molecule has 3 amide bonds. The maximum Gasteiger partial charge on any atom is 0.338 e. The summed E-state index contributed by atoms with van der Waals surface area (Å²) in [5, 5.41) is 10.1. The van der Waals surface area contributed by atoms with Crippen molar-refractivity contribution >= 4 is 80.9 Å². The van der Waals surface area contributed by atoms with E-state index in [1.807, 2.05) is 24.3 Å². The molecule has 0 saturated heterocycles. The minimum atomic E-state index is -0.775. The van der Waals surface area contributed by atoms with Crippen molar-refractivity contribution in [3.63, 3.8) is 0 Å². The van der Waals surface area contributed by atoms with Gasteiger partial charge in [-0.15, -0.1) is 0 Å². The fourth-order valence-corrected chi connectivity index (χ4v) is 6.49. The van der Waals surface area contributed by atoms with Crippen molar-refractivity contribution in [2.45, 2.75) is 26.5 Å². The molecule has 3 aromatic carbocycles. The summed E-state index contributed by atoms with van der Waals surface area (Å²) >= 11 is 10.4. The molecule has 0 bridgehead atoms. The summed E-state index contributed by atoms with van der Waals surface area (Å²) in [5.74, 6) is 0.155. The van der Waals surface area contributed by atoms with Gasteiger partial charge in [-0.2, -0.15) is 5.10 Å². The van der Waals surface area contributed by atoms with Gasteiger partial charge in [-0.1, -0.05) is 29.8 Å². The predicted molar refractivity (Wildman–Crippen MR) is 186 cm³/mol. The van der Waals surface area contributed by atoms with Gasteiger partial charge in [-0.3, -0.25) is 4.79 Å². The van der Waals surface area contributed by atoms with Gasteiger partial charge in [0.15, 0.2) is 18.1 Å². The summed E-state index contributed by atoms with van der Waals surface area (Å²) in [5.41, 5.74) is 5.33. The van der Waals surface area contributed by atoms with Crippen LogP contribution in [0, 0.1) is 7.14 Å². The number of halogens is 3. The normalized spacial score (nSPS) is 14.4. The molecule has 0 radical (unpaired) electrons. The molecule has 0 aromatic heterocycles. The molecule has 1 aliphatic rings. The van der Waals surface area contributed by atoms with Crippen molar-refractivity contribution < 1.29 is 33.3 Å². The first-order chi connectivity index (χ1) is 21.6. The standard InChI is InChI=1S/C31H29ClI2N4O7/c1-4-43-30(40)27-17(2)36-31(41)37-28(27)19-7-10-24(25(12-19)42-3)44-16-26(39)38-35-14-20-11-22(33)13-23(34)29(20)45-15-18-5-8-21(32)9-6-18/h5-14,28H,4,15-16H2,1-3H3,(H,38,39)(H2,36,37,41)/b35-14+/t28-/m0/s1. The van der Waals surface area contributed by atoms with E-state index in [9.17, 15) is 14.4 Å². The highest BCUT2D eigenvalue weighted by Gasteiger charge is 2.32. The highest BCUT2D eigenvalue weighted by molar-refractivity contribution is 14.1. The molecule has 11 nitrogen and oxygen atoms in total. The first kappa shape index (κ1) is 34.3. The van der Waals surface area contributed by atoms with E-state index in [0.717, 1.165) is 12.7 Å². The summed E-state index contributed by atoms with van der Waals surface area (Å²) in [7, 11) is 1.44. The quantitative estimate of drug-likeness (QED) is 0.0900. The van der Waals surface area contributed by atoms with Gasteiger partial charge < -0.3 is 29.6 Å². The number of allylic oxidation sites excluding steroid dienone is 1. The number of hydrogen-bond donors (Lipinski definition) is 3. The van der Waals surface area contributed by atoms with E-state index in [-0.39, 0.29) is 24.5 Å². The van der Waals surface area contributed by atoms with Crippen LogP contribution in [0.5, 0.6) is 17.2 Å². The second kappa shape index (κ2) is 16.1. The maximum atomic E-state index is 12.6. The van der Waals surface area contributed by atoms with Crippen LogP contribution in [0.1, 0.15) is 36.6 Å². The lowest BCUT2D eigenvalue weighted by Gasteiger charge is -2.28. The molecule has 14 heteroatoms. The summed E-state index contributed by atoms with van der Waals surface area (Å²) in [6.07, 6.45) is 1.51. The molecular formula is C31H29ClI2N4O7. The van der Waals surface area contributed by atoms with Gasteiger partial charge in [0, 0.05) is 19.9 Å². The summed E-state index contributed by atoms with van der Waals surface area (Å²) in [4.78, 5) is 37.4. The number of hydrogen-bond acceptors (Lipinski definition) is 8. The third-order valence-corrected chi connectivity index (χ3v) is 8.05. The van der Waals surface area contributed by atoms with Gasteiger partial charge in [0.1, 0.15) is 12.4 Å². The van der Waals surface area contributed by atoms with Crippen LogP contribution >= 0.6 is 56.8 Å². The number of esters is 1. The zero-order chi connectivity index (χ0) is 32.5. The van der Waals surface area contributed by atoms with Gasteiger partial charge in [0.25, 0.3) is 5.91 Å². The van der Waals surface area contributed by atoms with Crippen LogP contribution < -0.4 is 30.3 Å². The maximum absolute atomic E-state index is 12.6. The second-order valence-corrected chi connectivity index (χ2v) is 12.3. The van der Waals surface area contributed by atoms with E-state index in [4.69, 9.17) is 30.5 Å². The summed E-state index contributed by atoms with van der Waals surface area (Å²) < 4.78 is 24.3. The number of nitrogens with zero attached hydrogens (tertiary/aromatic N) is 1. The number of carbonyl (C=O) groups is 3. The zero-order valence-corrected chi connectivity index (χ0v) is 29.5. The minimum absolute atomic E-state index is 0.182. The minimum Gasteiger partial charge on any atom is -0.493 e. The van der Waals surface area contributed by atoms with Crippen molar-refractivity contribution in [2.24, 2.45) is 5.10 Å². The van der Waals surface area contributed by atoms with Crippen molar-refractivity contribution in [3.8, 4) is 17.2 Å². The van der Waals surface area contributed by atoms with Gasteiger partial charge in [0.05, 0.1) is 35.1 Å². The van der Waals surface area contributed by atoms with Crippen LogP contribution in [-0.4, -0.2) is 44.4 Å². The molecule has 0 aliphatic carbocycles. The Morgan fingerprint density at radius 2 is 1.82 bits per heavy atom. The monoisotopic (exact) mass is 858 g/mol. The zero-order valence-electron chi connectivity index (χ0n) is 24.4. The van der Waals surface area contributed by atoms with Gasteiger partial charge in [-0.05, 0) is 107 Å². The Morgan fingerprint density at radius 1 is 1.07 bits per heavy atom. The largest absolute Gasteiger partial charge is 0.493 e. The molecule has 3 aromatic rings. The van der Waals surface area contributed by atoms with Crippen LogP contribution in [0.4, 0.5) is 4.79 Å². The molecule has 236 valence electrons. The lowest BCUT2D eigenvalue weighted by molar-refractivity contribution is -0.139. The Labute approximate surface area is 292 Å². The predicted octanol–water partition coefficient (Wildman–Crippen LogP) is 5.86. The Hall–Kier alpha value is -3.57. The van der Waals surface area contributed by atoms with Gasteiger partial charge in [-0.25, -0.2) is 15.0 Å². The average Bonchev–Trinajstić information content (AvgIpc) is 3.00. The smallest absolute Gasteiger partial charge is 0.338 e. The molecule has 1 atom stereocenters. The second-order valence-electron chi connectivity index (χ2n) is 9.50. The van der Waals surface area contributed by atoms with Crippen LogP contribution in [0.3, 0.4) is 0 Å². The highest BCUT2D eigenvalue weighted by atomic mass is 127. The van der Waals surface area contributed by atoms with Crippen molar-refractivity contribution in [1.82, 2.24) is 16.1 Å². The fourth-order valence-electron chi connectivity index (χ4n) is 4.32. The molecular weight excluding hydrogens is 830 g/mol. The van der Waals surface area contributed by atoms with Crippen molar-refractivity contribution in [1.29, 1.82) is 0 Å². The lowest BCUT2D eigenvalue weighted by Crippen LogP contribution is -2.45. The van der Waals surface area contributed by atoms with E-state index >= 15 is 0 Å². The van der Waals surface area contributed by atoms with Crippen LogP contribution in [0.25, 0.3) is 0 Å². The number of rotatable bonds is 12. The molecule has 45 heavy (non-hydrogen) atoms. The molecule has 0 saturated carbocycles. The van der Waals surface area contributed by atoms with Crippen LogP contribution in [0.2, 0.25) is 5.02 Å². The third kappa shape index (κ3) is 9.23. The highest BCUT2D eigenvalue weighted by Crippen LogP contribution is 2.35. The molecule has 3 N–H and O–H groups in total. The van der Waals surface area contributed by atoms with E-state index < -0.39 is 23.9 Å². The summed E-state index contributed by atoms with van der Waals surface area (Å²) in [6, 6.07) is 14.9. The topological polar surface area (TPSA) is 137 Å². The van der Waals surface area contributed by atoms with Crippen molar-refractivity contribution in [2.75, 3.05) is 20.3 Å². The number of amides is 3. The molecule has 1 heterocycles. The van der Waals surface area contributed by atoms with E-state index in [2.05, 4.69) is 66.3 Å². The first-order valence-electron chi connectivity index (χ1n) is 13.5. The molecule has 0 spiro atoms. The number of ether oxygens (including phenoxy) is 4. The average molecular weight is 859 g/mol. The fraction of sp³-hybridized carbons (Fsp3) is 0.226. The Balaban J connectivity index is 1.41.